The van der Waals surface area contributed by atoms with Gasteiger partial charge in [-0.1, -0.05) is 12.1 Å². The zero-order valence-corrected chi connectivity index (χ0v) is 11.6. The molecule has 1 aromatic carbocycles. The van der Waals surface area contributed by atoms with E-state index in [4.69, 9.17) is 0 Å². The molecule has 5 heteroatoms. The molecule has 98 valence electrons. The molecule has 0 saturated carbocycles. The van der Waals surface area contributed by atoms with Crippen LogP contribution in [0.1, 0.15) is 15.9 Å². The zero-order chi connectivity index (χ0) is 13.5. The zero-order valence-electron chi connectivity index (χ0n) is 10.8. The molecule has 0 spiro atoms. The van der Waals surface area contributed by atoms with Crippen LogP contribution < -0.4 is 0 Å². The van der Waals surface area contributed by atoms with E-state index in [1.54, 1.807) is 42.9 Å². The van der Waals surface area contributed by atoms with Gasteiger partial charge in [0, 0.05) is 19.8 Å². The minimum Gasteiger partial charge on any atom is -0.465 e. The second-order valence-electron chi connectivity index (χ2n) is 3.97. The number of carbonyl (C=O) groups is 2. The lowest BCUT2D eigenvalue weighted by atomic mass is 10.1. The topological polar surface area (TPSA) is 46.6 Å². The van der Waals surface area contributed by atoms with Crippen LogP contribution in [0.25, 0.3) is 0 Å². The number of hydrogen-bond donors (Lipinski definition) is 0. The highest BCUT2D eigenvalue weighted by Gasteiger charge is 2.06. The quantitative estimate of drug-likeness (QED) is 0.763. The smallest absolute Gasteiger partial charge is 0.337 e. The Bertz CT molecular complexity index is 415. The van der Waals surface area contributed by atoms with Crippen LogP contribution in [0.2, 0.25) is 0 Å². The molecule has 1 rings (SSSR count). The first-order valence-corrected chi connectivity index (χ1v) is 6.65. The van der Waals surface area contributed by atoms with Crippen LogP contribution in [-0.4, -0.2) is 43.7 Å². The molecule has 0 bridgehead atoms. The van der Waals surface area contributed by atoms with Crippen molar-refractivity contribution in [3.05, 3.63) is 35.4 Å². The number of rotatable bonds is 5. The van der Waals surface area contributed by atoms with Crippen molar-refractivity contribution < 1.29 is 14.3 Å². The number of amides is 1. The van der Waals surface area contributed by atoms with E-state index in [1.165, 1.54) is 7.11 Å². The minimum absolute atomic E-state index is 0.103. The van der Waals surface area contributed by atoms with Gasteiger partial charge in [-0.3, -0.25) is 4.79 Å². The molecule has 1 aromatic rings. The molecule has 0 unspecified atom stereocenters. The highest BCUT2D eigenvalue weighted by atomic mass is 32.2. The van der Waals surface area contributed by atoms with Crippen LogP contribution in [0, 0.1) is 0 Å². The van der Waals surface area contributed by atoms with Gasteiger partial charge in [0.15, 0.2) is 0 Å². The summed E-state index contributed by atoms with van der Waals surface area (Å²) in [7, 11) is 4.85. The monoisotopic (exact) mass is 267 g/mol. The minimum atomic E-state index is -0.336. The van der Waals surface area contributed by atoms with E-state index in [9.17, 15) is 9.59 Å². The van der Waals surface area contributed by atoms with E-state index in [1.807, 2.05) is 12.1 Å². The number of hydrogen-bond acceptors (Lipinski definition) is 4. The average Bonchev–Trinajstić information content (AvgIpc) is 2.38. The van der Waals surface area contributed by atoms with E-state index in [0.29, 0.717) is 11.3 Å². The van der Waals surface area contributed by atoms with Crippen molar-refractivity contribution >= 4 is 23.6 Å². The summed E-state index contributed by atoms with van der Waals surface area (Å²) < 4.78 is 4.62. The summed E-state index contributed by atoms with van der Waals surface area (Å²) in [6.45, 7) is 0. The predicted octanol–water partition coefficient (Wildman–Crippen LogP) is 1.79. The van der Waals surface area contributed by atoms with Crippen molar-refractivity contribution in [2.75, 3.05) is 27.0 Å². The summed E-state index contributed by atoms with van der Waals surface area (Å²) in [6.07, 6.45) is 0. The lowest BCUT2D eigenvalue weighted by molar-refractivity contribution is -0.125. The van der Waals surface area contributed by atoms with Gasteiger partial charge in [-0.2, -0.15) is 0 Å². The molecule has 0 fully saturated rings. The molecule has 0 saturated heterocycles. The Labute approximate surface area is 111 Å². The molecule has 0 heterocycles. The van der Waals surface area contributed by atoms with E-state index in [0.717, 1.165) is 11.3 Å². The van der Waals surface area contributed by atoms with Gasteiger partial charge in [0.2, 0.25) is 5.91 Å². The normalized spacial score (nSPS) is 9.94. The predicted molar refractivity (Wildman–Crippen MR) is 72.6 cm³/mol. The maximum absolute atomic E-state index is 11.4. The number of nitrogens with zero attached hydrogens (tertiary/aromatic N) is 1. The summed E-state index contributed by atoms with van der Waals surface area (Å²) in [4.78, 5) is 24.2. The highest BCUT2D eigenvalue weighted by molar-refractivity contribution is 7.99. The third-order valence-electron chi connectivity index (χ3n) is 2.37. The largest absolute Gasteiger partial charge is 0.465 e. The Balaban J connectivity index is 2.45. The van der Waals surface area contributed by atoms with E-state index >= 15 is 0 Å². The Kier molecular flexibility index (Phi) is 5.71. The maximum atomic E-state index is 11.4. The molecule has 0 aliphatic rings. The lowest BCUT2D eigenvalue weighted by Gasteiger charge is -2.09. The van der Waals surface area contributed by atoms with E-state index in [-0.39, 0.29) is 11.9 Å². The molecule has 0 N–H and O–H groups in total. The van der Waals surface area contributed by atoms with Gasteiger partial charge in [-0.25, -0.2) is 4.79 Å². The Morgan fingerprint density at radius 3 is 2.33 bits per heavy atom. The fourth-order valence-corrected chi connectivity index (χ4v) is 2.20. The van der Waals surface area contributed by atoms with Gasteiger partial charge < -0.3 is 9.64 Å². The molecule has 0 radical (unpaired) electrons. The standard InChI is InChI=1S/C13H17NO3S/c1-14(2)12(15)9-18-8-10-4-6-11(7-5-10)13(16)17-3/h4-7H,8-9H2,1-3H3. The van der Waals surface area contributed by atoms with Crippen molar-refractivity contribution in [1.29, 1.82) is 0 Å². The van der Waals surface area contributed by atoms with Crippen LogP contribution in [0.5, 0.6) is 0 Å². The summed E-state index contributed by atoms with van der Waals surface area (Å²) >= 11 is 1.56. The van der Waals surface area contributed by atoms with Crippen molar-refractivity contribution in [2.45, 2.75) is 5.75 Å². The van der Waals surface area contributed by atoms with Crippen LogP contribution in [-0.2, 0) is 15.3 Å². The van der Waals surface area contributed by atoms with Crippen molar-refractivity contribution in [3.63, 3.8) is 0 Å². The second kappa shape index (κ2) is 7.06. The first-order valence-electron chi connectivity index (χ1n) is 5.49. The fourth-order valence-electron chi connectivity index (χ4n) is 1.24. The van der Waals surface area contributed by atoms with Crippen molar-refractivity contribution in [1.82, 2.24) is 4.90 Å². The maximum Gasteiger partial charge on any atom is 0.337 e. The van der Waals surface area contributed by atoms with Crippen molar-refractivity contribution in [3.8, 4) is 0 Å². The number of ether oxygens (including phenoxy) is 1. The number of thioether (sulfide) groups is 1. The molecule has 0 aliphatic carbocycles. The number of carbonyl (C=O) groups excluding carboxylic acids is 2. The number of benzene rings is 1. The van der Waals surface area contributed by atoms with Gasteiger partial charge in [-0.15, -0.1) is 11.8 Å². The fraction of sp³-hybridized carbons (Fsp3) is 0.385. The van der Waals surface area contributed by atoms with Crippen LogP contribution in [0.4, 0.5) is 0 Å². The number of esters is 1. The first-order chi connectivity index (χ1) is 8.54. The highest BCUT2D eigenvalue weighted by Crippen LogP contribution is 2.13. The molecule has 1 amide bonds. The van der Waals surface area contributed by atoms with Gasteiger partial charge in [-0.05, 0) is 17.7 Å². The molecule has 4 nitrogen and oxygen atoms in total. The van der Waals surface area contributed by atoms with Gasteiger partial charge in [0.1, 0.15) is 0 Å². The van der Waals surface area contributed by atoms with E-state index in [2.05, 4.69) is 4.74 Å². The van der Waals surface area contributed by atoms with Crippen LogP contribution in [0.3, 0.4) is 0 Å². The second-order valence-corrected chi connectivity index (χ2v) is 4.96. The average molecular weight is 267 g/mol. The van der Waals surface area contributed by atoms with Gasteiger partial charge in [0.05, 0.1) is 18.4 Å². The Morgan fingerprint density at radius 2 is 1.83 bits per heavy atom. The Hall–Kier alpha value is -1.49. The van der Waals surface area contributed by atoms with Gasteiger partial charge in [0.25, 0.3) is 0 Å². The van der Waals surface area contributed by atoms with Crippen LogP contribution >= 0.6 is 11.8 Å². The molecule has 0 aromatic heterocycles. The summed E-state index contributed by atoms with van der Waals surface area (Å²) in [5.74, 6) is 0.982. The third kappa shape index (κ3) is 4.41. The first kappa shape index (κ1) is 14.6. The Morgan fingerprint density at radius 1 is 1.22 bits per heavy atom. The molecule has 0 aliphatic heterocycles. The summed E-state index contributed by atoms with van der Waals surface area (Å²) in [5, 5.41) is 0. The molecular weight excluding hydrogens is 250 g/mol. The summed E-state index contributed by atoms with van der Waals surface area (Å²) in [6, 6.07) is 7.21. The van der Waals surface area contributed by atoms with Gasteiger partial charge >= 0.3 is 5.97 Å². The SMILES string of the molecule is COC(=O)c1ccc(CSCC(=O)N(C)C)cc1. The van der Waals surface area contributed by atoms with Crippen molar-refractivity contribution in [2.24, 2.45) is 0 Å². The van der Waals surface area contributed by atoms with Crippen LogP contribution in [0.15, 0.2) is 24.3 Å². The molecule has 0 atom stereocenters. The number of methoxy groups -OCH3 is 1. The third-order valence-corrected chi connectivity index (χ3v) is 3.36. The lowest BCUT2D eigenvalue weighted by Crippen LogP contribution is -2.23. The summed E-state index contributed by atoms with van der Waals surface area (Å²) in [5.41, 5.74) is 1.62. The molecular formula is C13H17NO3S. The molecule has 18 heavy (non-hydrogen) atoms. The van der Waals surface area contributed by atoms with E-state index < -0.39 is 0 Å².